The Balaban J connectivity index is 0.000000246. The fourth-order valence-corrected chi connectivity index (χ4v) is 4.28. The van der Waals surface area contributed by atoms with E-state index in [0.717, 1.165) is 25.5 Å². The van der Waals surface area contributed by atoms with Crippen molar-refractivity contribution in [1.29, 1.82) is 0 Å². The summed E-state index contributed by atoms with van der Waals surface area (Å²) in [5.41, 5.74) is 0.350. The number of fused-ring (bicyclic) bond motifs is 2. The molecular formula is C24H35FN4O5. The number of likely N-dealkylation sites (N-methyl/N-ethyl adjacent to an activating group) is 2. The summed E-state index contributed by atoms with van der Waals surface area (Å²) in [5.74, 6) is -0.405. The molecule has 0 radical (unpaired) electrons. The van der Waals surface area contributed by atoms with Gasteiger partial charge < -0.3 is 30.2 Å². The average Bonchev–Trinajstić information content (AvgIpc) is 3.34. The monoisotopic (exact) mass is 478 g/mol. The van der Waals surface area contributed by atoms with E-state index in [1.165, 1.54) is 18.4 Å². The second-order valence-corrected chi connectivity index (χ2v) is 8.86. The number of carboxylic acid groups (broad SMARTS) is 1. The van der Waals surface area contributed by atoms with Gasteiger partial charge in [-0.25, -0.2) is 9.38 Å². The first kappa shape index (κ1) is 27.4. The number of allylic oxidation sites excluding steroid dienone is 5. The third-order valence-corrected chi connectivity index (χ3v) is 6.13. The molecule has 0 aromatic carbocycles. The first-order valence-electron chi connectivity index (χ1n) is 11.3. The largest absolute Gasteiger partial charge is 0.480 e. The second-order valence-electron chi connectivity index (χ2n) is 8.86. The number of hydrogen-bond donors (Lipinski definition) is 3. The molecule has 1 amide bonds. The molecule has 5 atom stereocenters. The minimum absolute atomic E-state index is 0.0408. The summed E-state index contributed by atoms with van der Waals surface area (Å²) in [7, 11) is 3.35. The van der Waals surface area contributed by atoms with Crippen molar-refractivity contribution in [3.8, 4) is 0 Å². The first-order chi connectivity index (χ1) is 16.1. The lowest BCUT2D eigenvalue weighted by molar-refractivity contribution is -0.139. The molecular weight excluding hydrogens is 443 g/mol. The molecule has 3 aliphatic heterocycles. The van der Waals surface area contributed by atoms with Gasteiger partial charge >= 0.3 is 5.97 Å². The van der Waals surface area contributed by atoms with Crippen LogP contribution >= 0.6 is 0 Å². The van der Waals surface area contributed by atoms with E-state index >= 15 is 0 Å². The Labute approximate surface area is 199 Å². The number of carbonyl (C=O) groups is 3. The molecule has 0 spiro atoms. The van der Waals surface area contributed by atoms with Gasteiger partial charge in [0.15, 0.2) is 0 Å². The van der Waals surface area contributed by atoms with Crippen LogP contribution in [-0.2, 0) is 19.1 Å². The molecule has 2 bridgehead atoms. The number of aliphatic carboxylic acids is 1. The molecule has 2 saturated heterocycles. The topological polar surface area (TPSA) is 120 Å². The van der Waals surface area contributed by atoms with Crippen molar-refractivity contribution in [2.45, 2.75) is 63.4 Å². The van der Waals surface area contributed by atoms with Crippen molar-refractivity contribution in [2.24, 2.45) is 10.9 Å². The molecule has 3 unspecified atom stereocenters. The van der Waals surface area contributed by atoms with Gasteiger partial charge in [-0.1, -0.05) is 6.08 Å². The number of alkyl halides is 1. The van der Waals surface area contributed by atoms with Crippen molar-refractivity contribution in [3.05, 3.63) is 36.2 Å². The maximum atomic E-state index is 13.4. The van der Waals surface area contributed by atoms with E-state index in [9.17, 15) is 18.8 Å². The van der Waals surface area contributed by atoms with Crippen LogP contribution in [-0.4, -0.2) is 78.6 Å². The predicted molar refractivity (Wildman–Crippen MR) is 127 cm³/mol. The molecule has 0 aromatic heterocycles. The fraction of sp³-hybridized carbons (Fsp3) is 0.583. The Hall–Kier alpha value is -2.85. The average molecular weight is 479 g/mol. The molecule has 10 heteroatoms. The number of nitrogens with one attached hydrogen (secondary N) is 2. The second kappa shape index (κ2) is 12.6. The first-order valence-corrected chi connectivity index (χ1v) is 11.3. The highest BCUT2D eigenvalue weighted by Crippen LogP contribution is 2.46. The number of ether oxygens (including phenoxy) is 1. The Morgan fingerprint density at radius 2 is 2.21 bits per heavy atom. The zero-order chi connectivity index (χ0) is 25.3. The number of halogens is 1. The molecule has 3 N–H and O–H groups in total. The molecule has 0 aliphatic carbocycles. The number of rotatable bonds is 7. The molecule has 34 heavy (non-hydrogen) atoms. The van der Waals surface area contributed by atoms with Gasteiger partial charge in [0.1, 0.15) is 24.3 Å². The number of carbonyl (C=O) groups excluding carboxylic acids is 2. The van der Waals surface area contributed by atoms with Gasteiger partial charge in [-0.05, 0) is 51.5 Å². The van der Waals surface area contributed by atoms with Gasteiger partial charge in [-0.3, -0.25) is 9.59 Å². The highest BCUT2D eigenvalue weighted by molar-refractivity contribution is 5.89. The number of aldehydes is 1. The maximum absolute atomic E-state index is 13.4. The Bertz CT molecular complexity index is 871. The van der Waals surface area contributed by atoms with Crippen molar-refractivity contribution in [2.75, 3.05) is 20.6 Å². The predicted octanol–water partition coefficient (Wildman–Crippen LogP) is 1.96. The molecule has 9 nitrogen and oxygen atoms in total. The van der Waals surface area contributed by atoms with Crippen molar-refractivity contribution >= 4 is 24.0 Å². The van der Waals surface area contributed by atoms with Crippen LogP contribution in [0.25, 0.3) is 0 Å². The number of amidine groups is 1. The van der Waals surface area contributed by atoms with Gasteiger partial charge in [-0.15, -0.1) is 0 Å². The van der Waals surface area contributed by atoms with Crippen LogP contribution in [0.1, 0.15) is 39.5 Å². The zero-order valence-corrected chi connectivity index (χ0v) is 20.2. The minimum Gasteiger partial charge on any atom is -0.480 e. The third kappa shape index (κ3) is 7.88. The van der Waals surface area contributed by atoms with Crippen LogP contribution in [0.2, 0.25) is 0 Å². The summed E-state index contributed by atoms with van der Waals surface area (Å²) in [5, 5.41) is 14.6. The van der Waals surface area contributed by atoms with Crippen molar-refractivity contribution < 1.29 is 28.6 Å². The molecule has 2 fully saturated rings. The normalized spacial score (nSPS) is 31.0. The smallest absolute Gasteiger partial charge is 0.321 e. The number of carboxylic acids is 1. The Kier molecular flexibility index (Phi) is 10.1. The van der Waals surface area contributed by atoms with Crippen molar-refractivity contribution in [1.82, 2.24) is 15.5 Å². The lowest BCUT2D eigenvalue weighted by Crippen LogP contribution is -2.41. The Morgan fingerprint density at radius 3 is 2.79 bits per heavy atom. The highest BCUT2D eigenvalue weighted by Gasteiger charge is 2.52. The molecule has 3 rings (SSSR count). The number of hydrogen-bond acceptors (Lipinski definition) is 7. The van der Waals surface area contributed by atoms with Gasteiger partial charge in [0.05, 0.1) is 11.7 Å². The van der Waals surface area contributed by atoms with Gasteiger partial charge in [-0.2, -0.15) is 0 Å². The summed E-state index contributed by atoms with van der Waals surface area (Å²) in [6, 6.07) is -0.743. The molecule has 3 aliphatic rings. The van der Waals surface area contributed by atoms with E-state index in [1.54, 1.807) is 45.0 Å². The van der Waals surface area contributed by atoms with E-state index in [-0.39, 0.29) is 30.0 Å². The summed E-state index contributed by atoms with van der Waals surface area (Å²) >= 11 is 0. The quantitative estimate of drug-likeness (QED) is 0.479. The molecule has 0 saturated carbocycles. The number of aliphatic imine (C=N–C) groups is 1. The van der Waals surface area contributed by atoms with Crippen molar-refractivity contribution in [3.63, 3.8) is 0 Å². The van der Waals surface area contributed by atoms with Crippen LogP contribution < -0.4 is 10.6 Å². The van der Waals surface area contributed by atoms with Crippen LogP contribution in [0.3, 0.4) is 0 Å². The SMILES string of the molecule is CC(=O)N(C)CC12CCC(O1)[C@H](C=O)C2.CN[C@H](CC1=N/C=C/C=CC(F)/C=C(\C)N1)C(=O)O. The lowest BCUT2D eigenvalue weighted by Gasteiger charge is -2.30. The standard InChI is InChI=1S/C13H18FN3O2.C11H17NO3/c1-9-7-10(14)5-3-4-6-16-12(17-9)8-11(15-2)13(18)19;1-8(14)12(2)7-11-4-3-10(15-11)9(5-11)6-13/h3-7,10-11,15H,8H2,1-2H3,(H,16,17)(H,18,19);6,9-10H,3-5,7H2,1-2H3/b5-3?,6-4+,9-7+;/t10?,11-;9-,10?,11?/m10/s1. The number of nitrogens with zero attached hydrogens (tertiary/aromatic N) is 2. The maximum Gasteiger partial charge on any atom is 0.321 e. The van der Waals surface area contributed by atoms with Crippen LogP contribution in [0.5, 0.6) is 0 Å². The van der Waals surface area contributed by atoms with E-state index in [2.05, 4.69) is 15.6 Å². The summed E-state index contributed by atoms with van der Waals surface area (Å²) < 4.78 is 19.2. The Morgan fingerprint density at radius 1 is 1.47 bits per heavy atom. The summed E-state index contributed by atoms with van der Waals surface area (Å²) in [4.78, 5) is 38.7. The van der Waals surface area contributed by atoms with E-state index in [0.29, 0.717) is 18.1 Å². The van der Waals surface area contributed by atoms with Crippen LogP contribution in [0.4, 0.5) is 4.39 Å². The zero-order valence-electron chi connectivity index (χ0n) is 20.2. The summed E-state index contributed by atoms with van der Waals surface area (Å²) in [6.45, 7) is 3.87. The highest BCUT2D eigenvalue weighted by atomic mass is 19.1. The van der Waals surface area contributed by atoms with E-state index in [1.807, 2.05) is 0 Å². The van der Waals surface area contributed by atoms with Gasteiger partial charge in [0.2, 0.25) is 5.91 Å². The van der Waals surface area contributed by atoms with Crippen LogP contribution in [0.15, 0.2) is 41.2 Å². The van der Waals surface area contributed by atoms with E-state index < -0.39 is 18.2 Å². The molecule has 188 valence electrons. The molecule has 0 aromatic rings. The number of amides is 1. The van der Waals surface area contributed by atoms with E-state index in [4.69, 9.17) is 9.84 Å². The molecule has 3 heterocycles. The van der Waals surface area contributed by atoms with Gasteiger partial charge in [0.25, 0.3) is 0 Å². The van der Waals surface area contributed by atoms with Crippen LogP contribution in [0, 0.1) is 5.92 Å². The lowest BCUT2D eigenvalue weighted by atomic mass is 9.81. The summed E-state index contributed by atoms with van der Waals surface area (Å²) in [6.07, 6.45) is 10.3. The fourth-order valence-electron chi connectivity index (χ4n) is 4.28. The van der Waals surface area contributed by atoms with Gasteiger partial charge in [0, 0.05) is 44.8 Å². The minimum atomic E-state index is -1.18. The third-order valence-electron chi connectivity index (χ3n) is 6.13.